The number of benzene rings is 2. The van der Waals surface area contributed by atoms with Crippen LogP contribution in [0.1, 0.15) is 34.8 Å². The first-order chi connectivity index (χ1) is 13.0. The SMILES string of the molecule is CC(=O)c1ccc(NC(=O)C2CC2C(=O)N2CCc3ccccc3C2)cc1. The average Bonchev–Trinajstić information content (AvgIpc) is 3.48. The van der Waals surface area contributed by atoms with Crippen LogP contribution in [-0.2, 0) is 22.6 Å². The maximum Gasteiger partial charge on any atom is 0.228 e. The number of Topliss-reactive ketones (excluding diaryl/α,β-unsaturated/α-hetero) is 1. The summed E-state index contributed by atoms with van der Waals surface area (Å²) in [6.45, 7) is 2.85. The van der Waals surface area contributed by atoms with Crippen LogP contribution in [0, 0.1) is 11.8 Å². The number of fused-ring (bicyclic) bond motifs is 1. The molecular weight excluding hydrogens is 340 g/mol. The molecule has 2 aromatic rings. The Kier molecular flexibility index (Phi) is 4.52. The third kappa shape index (κ3) is 3.63. The summed E-state index contributed by atoms with van der Waals surface area (Å²) in [7, 11) is 0. The van der Waals surface area contributed by atoms with Crippen molar-refractivity contribution in [2.24, 2.45) is 11.8 Å². The van der Waals surface area contributed by atoms with Crippen molar-refractivity contribution in [1.82, 2.24) is 4.90 Å². The molecule has 5 heteroatoms. The monoisotopic (exact) mass is 362 g/mol. The van der Waals surface area contributed by atoms with Crippen LogP contribution in [0.15, 0.2) is 48.5 Å². The van der Waals surface area contributed by atoms with E-state index in [9.17, 15) is 14.4 Å². The van der Waals surface area contributed by atoms with Crippen molar-refractivity contribution in [3.8, 4) is 0 Å². The first-order valence-electron chi connectivity index (χ1n) is 9.30. The molecule has 2 unspecified atom stereocenters. The van der Waals surface area contributed by atoms with Crippen LogP contribution in [0.4, 0.5) is 5.69 Å². The zero-order valence-electron chi connectivity index (χ0n) is 15.3. The van der Waals surface area contributed by atoms with Gasteiger partial charge in [-0.15, -0.1) is 0 Å². The lowest BCUT2D eigenvalue weighted by molar-refractivity contribution is -0.135. The molecule has 0 saturated heterocycles. The average molecular weight is 362 g/mol. The molecule has 2 atom stereocenters. The van der Waals surface area contributed by atoms with E-state index in [1.807, 2.05) is 17.0 Å². The Morgan fingerprint density at radius 1 is 0.963 bits per heavy atom. The second-order valence-electron chi connectivity index (χ2n) is 7.35. The molecule has 4 rings (SSSR count). The number of nitrogens with one attached hydrogen (secondary N) is 1. The van der Waals surface area contributed by atoms with Crippen molar-refractivity contribution >= 4 is 23.3 Å². The van der Waals surface area contributed by atoms with Gasteiger partial charge in [0.1, 0.15) is 0 Å². The highest BCUT2D eigenvalue weighted by molar-refractivity contribution is 6.00. The smallest absolute Gasteiger partial charge is 0.228 e. The molecule has 1 heterocycles. The molecule has 0 aromatic heterocycles. The number of hydrogen-bond acceptors (Lipinski definition) is 3. The summed E-state index contributed by atoms with van der Waals surface area (Å²) >= 11 is 0. The fourth-order valence-corrected chi connectivity index (χ4v) is 3.70. The van der Waals surface area contributed by atoms with E-state index in [2.05, 4.69) is 17.4 Å². The van der Waals surface area contributed by atoms with Crippen molar-refractivity contribution in [2.45, 2.75) is 26.3 Å². The molecule has 1 aliphatic carbocycles. The lowest BCUT2D eigenvalue weighted by Crippen LogP contribution is -2.37. The van der Waals surface area contributed by atoms with Gasteiger partial charge in [-0.25, -0.2) is 0 Å². The number of nitrogens with zero attached hydrogens (tertiary/aromatic N) is 1. The molecule has 5 nitrogen and oxygen atoms in total. The molecule has 0 bridgehead atoms. The third-order valence-corrected chi connectivity index (χ3v) is 5.45. The molecule has 138 valence electrons. The van der Waals surface area contributed by atoms with Crippen LogP contribution in [0.5, 0.6) is 0 Å². The number of anilines is 1. The minimum Gasteiger partial charge on any atom is -0.338 e. The standard InChI is InChI=1S/C22H22N2O3/c1-14(25)15-6-8-18(9-7-15)23-21(26)19-12-20(19)22(27)24-11-10-16-4-2-3-5-17(16)13-24/h2-9,19-20H,10-13H2,1H3,(H,23,26). The molecular formula is C22H22N2O3. The molecule has 0 spiro atoms. The van der Waals surface area contributed by atoms with Crippen LogP contribution in [0.25, 0.3) is 0 Å². The number of amides is 2. The van der Waals surface area contributed by atoms with Gasteiger partial charge in [-0.1, -0.05) is 24.3 Å². The summed E-state index contributed by atoms with van der Waals surface area (Å²) in [6, 6.07) is 15.0. The number of hydrogen-bond donors (Lipinski definition) is 1. The second kappa shape index (κ2) is 6.99. The zero-order chi connectivity index (χ0) is 19.0. The zero-order valence-corrected chi connectivity index (χ0v) is 15.3. The molecule has 1 fully saturated rings. The molecule has 0 radical (unpaired) electrons. The molecule has 1 saturated carbocycles. The molecule has 2 aliphatic rings. The molecule has 1 aliphatic heterocycles. The van der Waals surface area contributed by atoms with Gasteiger partial charge in [-0.2, -0.15) is 0 Å². The van der Waals surface area contributed by atoms with Gasteiger partial charge < -0.3 is 10.2 Å². The van der Waals surface area contributed by atoms with E-state index in [0.29, 0.717) is 30.8 Å². The van der Waals surface area contributed by atoms with Crippen molar-refractivity contribution in [3.05, 3.63) is 65.2 Å². The van der Waals surface area contributed by atoms with E-state index in [-0.39, 0.29) is 29.4 Å². The summed E-state index contributed by atoms with van der Waals surface area (Å²) in [5, 5.41) is 2.85. The van der Waals surface area contributed by atoms with E-state index in [4.69, 9.17) is 0 Å². The largest absolute Gasteiger partial charge is 0.338 e. The minimum absolute atomic E-state index is 0.0103. The minimum atomic E-state index is -0.262. The topological polar surface area (TPSA) is 66.5 Å². The summed E-state index contributed by atoms with van der Waals surface area (Å²) in [5.41, 5.74) is 3.76. The van der Waals surface area contributed by atoms with Gasteiger partial charge in [0.05, 0.1) is 11.8 Å². The number of carbonyl (C=O) groups excluding carboxylic acids is 3. The maximum absolute atomic E-state index is 12.8. The lowest BCUT2D eigenvalue weighted by Gasteiger charge is -2.29. The van der Waals surface area contributed by atoms with Crippen molar-refractivity contribution < 1.29 is 14.4 Å². The normalized spacial score (nSPS) is 20.6. The highest BCUT2D eigenvalue weighted by atomic mass is 16.2. The van der Waals surface area contributed by atoms with Gasteiger partial charge in [-0.05, 0) is 55.2 Å². The molecule has 1 N–H and O–H groups in total. The van der Waals surface area contributed by atoms with Crippen LogP contribution >= 0.6 is 0 Å². The van der Waals surface area contributed by atoms with Crippen molar-refractivity contribution in [3.63, 3.8) is 0 Å². The summed E-state index contributed by atoms with van der Waals surface area (Å²) < 4.78 is 0. The van der Waals surface area contributed by atoms with E-state index < -0.39 is 0 Å². The van der Waals surface area contributed by atoms with E-state index in [1.54, 1.807) is 24.3 Å². The Hall–Kier alpha value is -2.95. The Balaban J connectivity index is 1.34. The first-order valence-corrected chi connectivity index (χ1v) is 9.30. The quantitative estimate of drug-likeness (QED) is 0.850. The van der Waals surface area contributed by atoms with Gasteiger partial charge in [0.25, 0.3) is 0 Å². The van der Waals surface area contributed by atoms with Crippen LogP contribution in [0.2, 0.25) is 0 Å². The van der Waals surface area contributed by atoms with Crippen LogP contribution in [0.3, 0.4) is 0 Å². The van der Waals surface area contributed by atoms with Gasteiger partial charge in [0, 0.05) is 24.3 Å². The molecule has 2 amide bonds. The Labute approximate surface area is 158 Å². The van der Waals surface area contributed by atoms with Gasteiger partial charge in [0.15, 0.2) is 5.78 Å². The predicted molar refractivity (Wildman–Crippen MR) is 102 cm³/mol. The Bertz CT molecular complexity index is 904. The van der Waals surface area contributed by atoms with Crippen LogP contribution in [-0.4, -0.2) is 29.0 Å². The second-order valence-corrected chi connectivity index (χ2v) is 7.35. The Morgan fingerprint density at radius 3 is 2.37 bits per heavy atom. The first kappa shape index (κ1) is 17.5. The highest BCUT2D eigenvalue weighted by Gasteiger charge is 2.49. The molecule has 2 aromatic carbocycles. The summed E-state index contributed by atoms with van der Waals surface area (Å²) in [4.78, 5) is 38.4. The number of carbonyl (C=O) groups is 3. The van der Waals surface area contributed by atoms with Gasteiger partial charge in [0.2, 0.25) is 11.8 Å². The van der Waals surface area contributed by atoms with E-state index in [0.717, 1.165) is 6.42 Å². The highest BCUT2D eigenvalue weighted by Crippen LogP contribution is 2.41. The fraction of sp³-hybridized carbons (Fsp3) is 0.318. The Morgan fingerprint density at radius 2 is 1.67 bits per heavy atom. The summed E-state index contributed by atoms with van der Waals surface area (Å²) in [6.07, 6.45) is 1.47. The maximum atomic E-state index is 12.8. The number of ketones is 1. The van der Waals surface area contributed by atoms with Crippen LogP contribution < -0.4 is 5.32 Å². The van der Waals surface area contributed by atoms with E-state index in [1.165, 1.54) is 18.1 Å². The number of rotatable bonds is 4. The van der Waals surface area contributed by atoms with Crippen molar-refractivity contribution in [2.75, 3.05) is 11.9 Å². The summed E-state index contributed by atoms with van der Waals surface area (Å²) in [5.74, 6) is -0.532. The predicted octanol–water partition coefficient (Wildman–Crippen LogP) is 3.05. The van der Waals surface area contributed by atoms with Crippen molar-refractivity contribution in [1.29, 1.82) is 0 Å². The van der Waals surface area contributed by atoms with E-state index >= 15 is 0 Å². The van der Waals surface area contributed by atoms with Gasteiger partial charge >= 0.3 is 0 Å². The molecule has 27 heavy (non-hydrogen) atoms. The van der Waals surface area contributed by atoms with Gasteiger partial charge in [-0.3, -0.25) is 14.4 Å². The fourth-order valence-electron chi connectivity index (χ4n) is 3.70. The third-order valence-electron chi connectivity index (χ3n) is 5.45. The lowest BCUT2D eigenvalue weighted by atomic mass is 9.99.